The van der Waals surface area contributed by atoms with Crippen LogP contribution in [-0.2, 0) is 11.2 Å². The highest BCUT2D eigenvalue weighted by Gasteiger charge is 2.00. The lowest BCUT2D eigenvalue weighted by Gasteiger charge is -2.11. The minimum Gasteiger partial charge on any atom is -0.492 e. The Morgan fingerprint density at radius 3 is 2.47 bits per heavy atom. The molecule has 0 spiro atoms. The molecule has 4 nitrogen and oxygen atoms in total. The Hall–Kier alpha value is -1.55. The molecule has 0 amide bonds. The van der Waals surface area contributed by atoms with Crippen LogP contribution in [0.3, 0.4) is 0 Å². The quantitative estimate of drug-likeness (QED) is 0.783. The second kappa shape index (κ2) is 6.91. The monoisotopic (exact) mass is 237 g/mol. The fourth-order valence-electron chi connectivity index (χ4n) is 1.35. The van der Waals surface area contributed by atoms with E-state index in [1.54, 1.807) is 0 Å². The Morgan fingerprint density at radius 2 is 1.94 bits per heavy atom. The number of rotatable bonds is 7. The molecule has 0 aliphatic heterocycles. The van der Waals surface area contributed by atoms with Crippen LogP contribution in [0.2, 0.25) is 0 Å². The van der Waals surface area contributed by atoms with Crippen molar-refractivity contribution in [1.29, 1.82) is 0 Å². The van der Waals surface area contributed by atoms with Crippen LogP contribution in [-0.4, -0.2) is 43.2 Å². The molecule has 0 saturated carbocycles. The summed E-state index contributed by atoms with van der Waals surface area (Å²) in [5.41, 5.74) is 1.02. The third-order valence-corrected chi connectivity index (χ3v) is 2.36. The summed E-state index contributed by atoms with van der Waals surface area (Å²) in [4.78, 5) is 12.5. The Balaban J connectivity index is 2.36. The normalized spacial score (nSPS) is 10.5. The van der Waals surface area contributed by atoms with Gasteiger partial charge >= 0.3 is 5.97 Å². The van der Waals surface area contributed by atoms with Crippen LogP contribution in [0.25, 0.3) is 0 Å². The molecule has 0 bridgehead atoms. The second-order valence-electron chi connectivity index (χ2n) is 4.19. The predicted molar refractivity (Wildman–Crippen MR) is 66.4 cm³/mol. The van der Waals surface area contributed by atoms with E-state index in [2.05, 4.69) is 4.90 Å². The Bertz CT molecular complexity index is 346. The smallest absolute Gasteiger partial charge is 0.303 e. The van der Waals surface area contributed by atoms with Crippen molar-refractivity contribution in [2.24, 2.45) is 0 Å². The SMILES string of the molecule is CN(C)CCOc1ccc(CCC(=O)O)cc1. The highest BCUT2D eigenvalue weighted by Crippen LogP contribution is 2.13. The number of carbonyl (C=O) groups is 1. The van der Waals surface area contributed by atoms with Gasteiger partial charge in [-0.05, 0) is 38.2 Å². The summed E-state index contributed by atoms with van der Waals surface area (Å²) in [5, 5.41) is 8.57. The van der Waals surface area contributed by atoms with Gasteiger partial charge in [-0.2, -0.15) is 0 Å². The van der Waals surface area contributed by atoms with Gasteiger partial charge < -0.3 is 14.7 Å². The molecule has 0 aromatic heterocycles. The molecule has 0 aliphatic rings. The van der Waals surface area contributed by atoms with Gasteiger partial charge in [-0.1, -0.05) is 12.1 Å². The first-order valence-corrected chi connectivity index (χ1v) is 5.66. The number of benzene rings is 1. The van der Waals surface area contributed by atoms with E-state index >= 15 is 0 Å². The van der Waals surface area contributed by atoms with Crippen LogP contribution in [0.1, 0.15) is 12.0 Å². The molecule has 0 aliphatic carbocycles. The molecule has 0 unspecified atom stereocenters. The maximum Gasteiger partial charge on any atom is 0.303 e. The van der Waals surface area contributed by atoms with E-state index in [1.165, 1.54) is 0 Å². The molecule has 0 radical (unpaired) electrons. The minimum absolute atomic E-state index is 0.167. The van der Waals surface area contributed by atoms with Gasteiger partial charge in [-0.15, -0.1) is 0 Å². The lowest BCUT2D eigenvalue weighted by atomic mass is 10.1. The third kappa shape index (κ3) is 5.92. The number of carboxylic acid groups (broad SMARTS) is 1. The lowest BCUT2D eigenvalue weighted by Crippen LogP contribution is -2.19. The van der Waals surface area contributed by atoms with E-state index in [4.69, 9.17) is 9.84 Å². The summed E-state index contributed by atoms with van der Waals surface area (Å²) in [6.07, 6.45) is 0.730. The van der Waals surface area contributed by atoms with Gasteiger partial charge in [0, 0.05) is 13.0 Å². The molecule has 0 atom stereocenters. The van der Waals surface area contributed by atoms with E-state index in [0.717, 1.165) is 17.9 Å². The van der Waals surface area contributed by atoms with Gasteiger partial charge in [0.25, 0.3) is 0 Å². The van der Waals surface area contributed by atoms with Crippen molar-refractivity contribution in [1.82, 2.24) is 4.90 Å². The molecule has 0 saturated heterocycles. The van der Waals surface area contributed by atoms with Crippen molar-refractivity contribution in [3.63, 3.8) is 0 Å². The maximum atomic E-state index is 10.4. The number of hydrogen-bond donors (Lipinski definition) is 1. The van der Waals surface area contributed by atoms with E-state index in [-0.39, 0.29) is 6.42 Å². The molecule has 94 valence electrons. The number of hydrogen-bond acceptors (Lipinski definition) is 3. The summed E-state index contributed by atoms with van der Waals surface area (Å²) in [7, 11) is 4.00. The molecule has 0 fully saturated rings. The third-order valence-electron chi connectivity index (χ3n) is 2.36. The lowest BCUT2D eigenvalue weighted by molar-refractivity contribution is -0.136. The molecule has 1 aromatic carbocycles. The topological polar surface area (TPSA) is 49.8 Å². The molecule has 4 heteroatoms. The summed E-state index contributed by atoms with van der Waals surface area (Å²) >= 11 is 0. The Labute approximate surface area is 102 Å². The van der Waals surface area contributed by atoms with Crippen LogP contribution in [0.4, 0.5) is 0 Å². The summed E-state index contributed by atoms with van der Waals surface area (Å²) < 4.78 is 5.54. The molecule has 17 heavy (non-hydrogen) atoms. The molecule has 1 N–H and O–H groups in total. The number of likely N-dealkylation sites (N-methyl/N-ethyl adjacent to an activating group) is 1. The van der Waals surface area contributed by atoms with Gasteiger partial charge in [-0.25, -0.2) is 0 Å². The van der Waals surface area contributed by atoms with E-state index < -0.39 is 5.97 Å². The van der Waals surface area contributed by atoms with Gasteiger partial charge in [0.2, 0.25) is 0 Å². The Morgan fingerprint density at radius 1 is 1.29 bits per heavy atom. The van der Waals surface area contributed by atoms with Crippen molar-refractivity contribution < 1.29 is 14.6 Å². The number of nitrogens with zero attached hydrogens (tertiary/aromatic N) is 1. The fraction of sp³-hybridized carbons (Fsp3) is 0.462. The first-order valence-electron chi connectivity index (χ1n) is 5.66. The first kappa shape index (κ1) is 13.5. The number of aryl methyl sites for hydroxylation is 1. The van der Waals surface area contributed by atoms with Crippen LogP contribution < -0.4 is 4.74 Å². The van der Waals surface area contributed by atoms with Crippen LogP contribution in [0.5, 0.6) is 5.75 Å². The summed E-state index contributed by atoms with van der Waals surface area (Å²) in [5.74, 6) is 0.0576. The van der Waals surface area contributed by atoms with Crippen molar-refractivity contribution in [2.45, 2.75) is 12.8 Å². The summed E-state index contributed by atoms with van der Waals surface area (Å²) in [6, 6.07) is 7.58. The summed E-state index contributed by atoms with van der Waals surface area (Å²) in [6.45, 7) is 1.53. The van der Waals surface area contributed by atoms with Crippen LogP contribution in [0.15, 0.2) is 24.3 Å². The van der Waals surface area contributed by atoms with Crippen LogP contribution >= 0.6 is 0 Å². The van der Waals surface area contributed by atoms with Crippen molar-refractivity contribution >= 4 is 5.97 Å². The first-order chi connectivity index (χ1) is 8.08. The molecular formula is C13H19NO3. The second-order valence-corrected chi connectivity index (χ2v) is 4.19. The van der Waals surface area contributed by atoms with E-state index in [1.807, 2.05) is 38.4 Å². The molecule has 1 rings (SSSR count). The molecule has 0 heterocycles. The minimum atomic E-state index is -0.767. The van der Waals surface area contributed by atoms with Crippen molar-refractivity contribution in [3.05, 3.63) is 29.8 Å². The number of aliphatic carboxylic acids is 1. The van der Waals surface area contributed by atoms with Crippen molar-refractivity contribution in [3.8, 4) is 5.75 Å². The van der Waals surface area contributed by atoms with Gasteiger partial charge in [0.15, 0.2) is 0 Å². The predicted octanol–water partition coefficient (Wildman–Crippen LogP) is 1.64. The Kier molecular flexibility index (Phi) is 5.49. The van der Waals surface area contributed by atoms with E-state index in [9.17, 15) is 4.79 Å². The maximum absolute atomic E-state index is 10.4. The average Bonchev–Trinajstić information content (AvgIpc) is 2.27. The zero-order chi connectivity index (χ0) is 12.7. The van der Waals surface area contributed by atoms with Gasteiger partial charge in [0.1, 0.15) is 12.4 Å². The fourth-order valence-corrected chi connectivity index (χ4v) is 1.35. The van der Waals surface area contributed by atoms with Gasteiger partial charge in [-0.3, -0.25) is 4.79 Å². The highest BCUT2D eigenvalue weighted by molar-refractivity contribution is 5.67. The zero-order valence-corrected chi connectivity index (χ0v) is 10.3. The molecule has 1 aromatic rings. The van der Waals surface area contributed by atoms with Crippen LogP contribution in [0, 0.1) is 0 Å². The number of carboxylic acids is 1. The highest BCUT2D eigenvalue weighted by atomic mass is 16.5. The number of ether oxygens (including phenoxy) is 1. The molecular weight excluding hydrogens is 218 g/mol. The van der Waals surface area contributed by atoms with Gasteiger partial charge in [0.05, 0.1) is 0 Å². The van der Waals surface area contributed by atoms with Crippen molar-refractivity contribution in [2.75, 3.05) is 27.2 Å². The standard InChI is InChI=1S/C13H19NO3/c1-14(2)9-10-17-12-6-3-11(4-7-12)5-8-13(15)16/h3-4,6-7H,5,8-10H2,1-2H3,(H,15,16). The largest absolute Gasteiger partial charge is 0.492 e. The van der Waals surface area contributed by atoms with E-state index in [0.29, 0.717) is 13.0 Å². The average molecular weight is 237 g/mol. The zero-order valence-electron chi connectivity index (χ0n) is 10.3.